The molecule has 0 heterocycles. The maximum absolute atomic E-state index is 11.7. The highest BCUT2D eigenvalue weighted by atomic mass is 16.5. The molecule has 0 unspecified atom stereocenters. The smallest absolute Gasteiger partial charge is 0.302 e. The van der Waals surface area contributed by atoms with Crippen LogP contribution in [0.2, 0.25) is 0 Å². The number of hydrogen-bond acceptors (Lipinski definition) is 2. The van der Waals surface area contributed by atoms with E-state index in [1.165, 1.54) is 69.8 Å². The predicted octanol–water partition coefficient (Wildman–Crippen LogP) is 9.85. The van der Waals surface area contributed by atoms with E-state index in [-0.39, 0.29) is 12.1 Å². The molecule has 0 spiro atoms. The summed E-state index contributed by atoms with van der Waals surface area (Å²) < 4.78 is 5.75. The Hall–Kier alpha value is -1.31. The van der Waals surface area contributed by atoms with Crippen LogP contribution < -0.4 is 0 Å². The van der Waals surface area contributed by atoms with E-state index < -0.39 is 0 Å². The summed E-state index contributed by atoms with van der Waals surface area (Å²) in [6.07, 6.45) is 27.3. The summed E-state index contributed by atoms with van der Waals surface area (Å²) >= 11 is 0. The van der Waals surface area contributed by atoms with Crippen LogP contribution in [0.15, 0.2) is 36.5 Å². The molecule has 2 heteroatoms. The van der Waals surface area contributed by atoms with Crippen molar-refractivity contribution in [3.63, 3.8) is 0 Å². The summed E-state index contributed by atoms with van der Waals surface area (Å²) in [6.45, 7) is 15.4. The van der Waals surface area contributed by atoms with Crippen LogP contribution in [0.25, 0.3) is 0 Å². The van der Waals surface area contributed by atoms with Crippen LogP contribution in [0.1, 0.15) is 125 Å². The zero-order chi connectivity index (χ0) is 26.1. The molecule has 0 amide bonds. The van der Waals surface area contributed by atoms with E-state index in [1.54, 1.807) is 6.92 Å². The van der Waals surface area contributed by atoms with Crippen LogP contribution in [0.4, 0.5) is 0 Å². The number of carbonyl (C=O) groups excluding carboxylic acids is 1. The van der Waals surface area contributed by atoms with E-state index in [2.05, 4.69) is 58.6 Å². The Labute approximate surface area is 223 Å². The highest BCUT2D eigenvalue weighted by Gasteiger charge is 2.48. The SMILES string of the molecule is C=C(CCC[C@@H]1CC[C@H]2[C@@H](CC[C@H]3C=CC=C[C@@]32C)C1)CC[C@@H](OC(C)=O)[C@H](C)CCC[C@H](C)CC. The molecule has 0 radical (unpaired) electrons. The minimum atomic E-state index is -0.141. The Morgan fingerprint density at radius 3 is 2.61 bits per heavy atom. The second-order valence-electron chi connectivity index (χ2n) is 13.1. The second-order valence-corrected chi connectivity index (χ2v) is 13.1. The Morgan fingerprint density at radius 1 is 1.06 bits per heavy atom. The molecule has 0 aromatic rings. The first-order valence-corrected chi connectivity index (χ1v) is 15.4. The van der Waals surface area contributed by atoms with E-state index >= 15 is 0 Å². The first kappa shape index (κ1) is 29.2. The normalized spacial score (nSPS) is 31.7. The number of carbonyl (C=O) groups is 1. The van der Waals surface area contributed by atoms with Gasteiger partial charge in [-0.2, -0.15) is 0 Å². The Balaban J connectivity index is 1.36. The van der Waals surface area contributed by atoms with Crippen LogP contribution in [0.5, 0.6) is 0 Å². The number of ether oxygens (including phenoxy) is 1. The average Bonchev–Trinajstić information content (AvgIpc) is 2.85. The molecule has 3 aliphatic rings. The van der Waals surface area contributed by atoms with Crippen LogP contribution >= 0.6 is 0 Å². The van der Waals surface area contributed by atoms with Gasteiger partial charge in [0.05, 0.1) is 0 Å². The van der Waals surface area contributed by atoms with Gasteiger partial charge in [0.1, 0.15) is 6.10 Å². The summed E-state index contributed by atoms with van der Waals surface area (Å²) in [7, 11) is 0. The van der Waals surface area contributed by atoms with Crippen molar-refractivity contribution in [2.45, 2.75) is 131 Å². The molecule has 3 aliphatic carbocycles. The quantitative estimate of drug-likeness (QED) is 0.177. The van der Waals surface area contributed by atoms with Gasteiger partial charge < -0.3 is 4.74 Å². The summed E-state index contributed by atoms with van der Waals surface area (Å²) in [4.78, 5) is 11.7. The zero-order valence-electron chi connectivity index (χ0n) is 24.3. The minimum Gasteiger partial charge on any atom is -0.462 e. The van der Waals surface area contributed by atoms with Gasteiger partial charge in [-0.25, -0.2) is 0 Å². The molecule has 0 aromatic heterocycles. The largest absolute Gasteiger partial charge is 0.462 e. The van der Waals surface area contributed by atoms with Crippen LogP contribution in [-0.2, 0) is 9.53 Å². The van der Waals surface area contributed by atoms with Crippen molar-refractivity contribution in [2.75, 3.05) is 0 Å². The van der Waals surface area contributed by atoms with Crippen molar-refractivity contribution in [3.8, 4) is 0 Å². The Bertz CT molecular complexity index is 763. The molecule has 2 fully saturated rings. The Kier molecular flexibility index (Phi) is 11.4. The van der Waals surface area contributed by atoms with E-state index in [1.807, 2.05) is 0 Å². The maximum Gasteiger partial charge on any atom is 0.302 e. The number of fused-ring (bicyclic) bond motifs is 3. The third-order valence-corrected chi connectivity index (χ3v) is 10.4. The number of esters is 1. The molecule has 3 rings (SSSR count). The van der Waals surface area contributed by atoms with Crippen molar-refractivity contribution in [1.82, 2.24) is 0 Å². The maximum atomic E-state index is 11.7. The van der Waals surface area contributed by atoms with Gasteiger partial charge in [0.15, 0.2) is 0 Å². The summed E-state index contributed by atoms with van der Waals surface area (Å²) in [5, 5.41) is 0. The van der Waals surface area contributed by atoms with Crippen molar-refractivity contribution in [2.24, 2.45) is 40.9 Å². The first-order chi connectivity index (χ1) is 17.2. The molecule has 204 valence electrons. The van der Waals surface area contributed by atoms with Gasteiger partial charge in [0.2, 0.25) is 0 Å². The topological polar surface area (TPSA) is 26.3 Å². The fourth-order valence-electron chi connectivity index (χ4n) is 7.72. The number of allylic oxidation sites excluding steroid dienone is 5. The lowest BCUT2D eigenvalue weighted by molar-refractivity contribution is -0.149. The van der Waals surface area contributed by atoms with E-state index in [4.69, 9.17) is 4.74 Å². The standard InChI is InChI=1S/C34H56O2/c1-7-25(2)12-10-14-27(4)33(36-28(5)35)22-17-26(3)13-11-15-29-18-21-32-30(24-29)19-20-31-16-8-9-23-34(31,32)6/h8-9,16,23,25,27,29-33H,3,7,10-15,17-22,24H2,1-2,4-6H3/t25-,27-,29-,30+,31-,32+,33-,34+/m1/s1. The molecule has 2 saturated carbocycles. The first-order valence-electron chi connectivity index (χ1n) is 15.4. The minimum absolute atomic E-state index is 0.0339. The van der Waals surface area contributed by atoms with E-state index in [0.29, 0.717) is 11.3 Å². The molecule has 0 saturated heterocycles. The average molecular weight is 497 g/mol. The third-order valence-electron chi connectivity index (χ3n) is 10.4. The van der Waals surface area contributed by atoms with Gasteiger partial charge in [-0.05, 0) is 98.7 Å². The lowest BCUT2D eigenvalue weighted by atomic mass is 9.51. The highest BCUT2D eigenvalue weighted by molar-refractivity contribution is 5.66. The Morgan fingerprint density at radius 2 is 1.86 bits per heavy atom. The number of hydrogen-bond donors (Lipinski definition) is 0. The monoisotopic (exact) mass is 496 g/mol. The van der Waals surface area contributed by atoms with Gasteiger partial charge in [0, 0.05) is 6.92 Å². The molecular weight excluding hydrogens is 440 g/mol. The molecular formula is C34H56O2. The van der Waals surface area contributed by atoms with Gasteiger partial charge in [-0.1, -0.05) is 96.3 Å². The van der Waals surface area contributed by atoms with Crippen molar-refractivity contribution < 1.29 is 9.53 Å². The zero-order valence-corrected chi connectivity index (χ0v) is 24.3. The van der Waals surface area contributed by atoms with Crippen LogP contribution in [-0.4, -0.2) is 12.1 Å². The number of rotatable bonds is 14. The molecule has 0 N–H and O–H groups in total. The van der Waals surface area contributed by atoms with Crippen LogP contribution in [0.3, 0.4) is 0 Å². The molecule has 8 atom stereocenters. The second kappa shape index (κ2) is 14.0. The fourth-order valence-corrected chi connectivity index (χ4v) is 7.72. The molecule has 2 nitrogen and oxygen atoms in total. The van der Waals surface area contributed by atoms with E-state index in [0.717, 1.165) is 55.3 Å². The highest BCUT2D eigenvalue weighted by Crippen LogP contribution is 2.56. The molecule has 36 heavy (non-hydrogen) atoms. The fraction of sp³-hybridized carbons (Fsp3) is 0.794. The lowest BCUT2D eigenvalue weighted by Gasteiger charge is -2.53. The van der Waals surface area contributed by atoms with Crippen LogP contribution in [0, 0.1) is 40.9 Å². The predicted molar refractivity (Wildman–Crippen MR) is 154 cm³/mol. The summed E-state index contributed by atoms with van der Waals surface area (Å²) in [5.74, 6) is 4.55. The molecule has 0 bridgehead atoms. The van der Waals surface area contributed by atoms with Crippen molar-refractivity contribution in [3.05, 3.63) is 36.5 Å². The lowest BCUT2D eigenvalue weighted by Crippen LogP contribution is -2.45. The van der Waals surface area contributed by atoms with Gasteiger partial charge in [-0.3, -0.25) is 4.79 Å². The van der Waals surface area contributed by atoms with Gasteiger partial charge in [0.25, 0.3) is 0 Å². The van der Waals surface area contributed by atoms with Crippen molar-refractivity contribution in [1.29, 1.82) is 0 Å². The summed E-state index contributed by atoms with van der Waals surface area (Å²) in [6, 6.07) is 0. The summed E-state index contributed by atoms with van der Waals surface area (Å²) in [5.41, 5.74) is 1.75. The third kappa shape index (κ3) is 8.09. The molecule has 0 aliphatic heterocycles. The van der Waals surface area contributed by atoms with Gasteiger partial charge >= 0.3 is 5.97 Å². The molecule has 0 aromatic carbocycles. The van der Waals surface area contributed by atoms with E-state index in [9.17, 15) is 4.79 Å². The van der Waals surface area contributed by atoms with Gasteiger partial charge in [-0.15, -0.1) is 0 Å². The van der Waals surface area contributed by atoms with Crippen molar-refractivity contribution >= 4 is 5.97 Å².